The van der Waals surface area contributed by atoms with E-state index in [1.165, 1.54) is 0 Å². The molecule has 0 bridgehead atoms. The first kappa shape index (κ1) is 10.4. The Balaban J connectivity index is 3.90. The summed E-state index contributed by atoms with van der Waals surface area (Å²) in [4.78, 5) is 10.2. The van der Waals surface area contributed by atoms with Crippen molar-refractivity contribution < 1.29 is 14.5 Å². The van der Waals surface area contributed by atoms with Gasteiger partial charge in [-0.2, -0.15) is 0 Å². The monoisotopic (exact) mass is 175 g/mol. The van der Waals surface area contributed by atoms with Crippen molar-refractivity contribution in [2.75, 3.05) is 0 Å². The van der Waals surface area contributed by atoms with Gasteiger partial charge in [-0.25, -0.2) is 0 Å². The molecule has 62 valence electrons. The van der Waals surface area contributed by atoms with Crippen molar-refractivity contribution >= 4 is 13.9 Å². The molecule has 2 atom stereocenters. The quantitative estimate of drug-likeness (QED) is 0.618. The van der Waals surface area contributed by atoms with E-state index in [4.69, 9.17) is 10.8 Å². The molecular formula is C6H10NO3P. The Hall–Kier alpha value is -0.560. The third kappa shape index (κ3) is 4.79. The third-order valence-corrected chi connectivity index (χ3v) is 1.74. The van der Waals surface area contributed by atoms with Gasteiger partial charge in [0.15, 0.2) is 0 Å². The van der Waals surface area contributed by atoms with Gasteiger partial charge in [0.25, 0.3) is 0 Å². The summed E-state index contributed by atoms with van der Waals surface area (Å²) >= 11 is 0. The van der Waals surface area contributed by atoms with E-state index in [0.717, 1.165) is 0 Å². The average molecular weight is 175 g/mol. The van der Waals surface area contributed by atoms with Crippen LogP contribution in [0.2, 0.25) is 0 Å². The number of rotatable bonds is 3. The van der Waals surface area contributed by atoms with Gasteiger partial charge >= 0.3 is 65.0 Å². The number of aliphatic carboxylic acids is 1. The van der Waals surface area contributed by atoms with Crippen LogP contribution in [0.5, 0.6) is 0 Å². The molecule has 0 amide bonds. The van der Waals surface area contributed by atoms with Crippen LogP contribution in [-0.2, 0) is 9.36 Å². The maximum atomic E-state index is 10.2. The second-order valence-electron chi connectivity index (χ2n) is 2.30. The predicted octanol–water partition coefficient (Wildman–Crippen LogP) is 0.675. The molecule has 0 aromatic heterocycles. The Morgan fingerprint density at radius 2 is 2.36 bits per heavy atom. The number of hydrogen-bond acceptors (Lipinski definition) is 3. The molecule has 0 fully saturated rings. The fourth-order valence-electron chi connectivity index (χ4n) is 0.624. The Morgan fingerprint density at radius 3 is 2.73 bits per heavy atom. The standard InChI is InChI=1S/C6H10NO3P/c1-4(3-11-10)2-5(7)6(8)9/h4-5H,2,7H2,1H3,(H,8,9). The van der Waals surface area contributed by atoms with Crippen LogP contribution in [0.3, 0.4) is 0 Å². The van der Waals surface area contributed by atoms with Gasteiger partial charge in [-0.15, -0.1) is 0 Å². The van der Waals surface area contributed by atoms with Crippen molar-refractivity contribution in [1.29, 1.82) is 0 Å². The zero-order valence-electron chi connectivity index (χ0n) is 6.15. The van der Waals surface area contributed by atoms with Gasteiger partial charge in [0.05, 0.1) is 0 Å². The molecule has 0 aromatic carbocycles. The number of hydrogen-bond donors (Lipinski definition) is 2. The minimum atomic E-state index is -1.04. The van der Waals surface area contributed by atoms with Gasteiger partial charge < -0.3 is 0 Å². The van der Waals surface area contributed by atoms with Gasteiger partial charge in [-0.3, -0.25) is 0 Å². The number of carboxylic acids is 1. The van der Waals surface area contributed by atoms with E-state index >= 15 is 0 Å². The average Bonchev–Trinajstić information content (AvgIpc) is 1.87. The zero-order chi connectivity index (χ0) is 8.85. The van der Waals surface area contributed by atoms with E-state index in [9.17, 15) is 9.36 Å². The van der Waals surface area contributed by atoms with Crippen molar-refractivity contribution in [3.05, 3.63) is 0 Å². The summed E-state index contributed by atoms with van der Waals surface area (Å²) in [5.74, 6) is -1.19. The molecule has 0 aliphatic heterocycles. The topological polar surface area (TPSA) is 80.4 Å². The van der Waals surface area contributed by atoms with Crippen LogP contribution in [0, 0.1) is 11.5 Å². The molecule has 0 spiro atoms. The zero-order valence-corrected chi connectivity index (χ0v) is 7.04. The summed E-state index contributed by atoms with van der Waals surface area (Å²) in [7, 11) is -0.201. The second kappa shape index (κ2) is 5.14. The molecule has 5 heteroatoms. The molecule has 0 rings (SSSR count). The van der Waals surface area contributed by atoms with E-state index < -0.39 is 12.0 Å². The van der Waals surface area contributed by atoms with Crippen LogP contribution in [0.1, 0.15) is 13.3 Å². The van der Waals surface area contributed by atoms with Crippen molar-refractivity contribution in [3.63, 3.8) is 0 Å². The molecule has 4 nitrogen and oxygen atoms in total. The van der Waals surface area contributed by atoms with E-state index in [1.807, 2.05) is 0 Å². The van der Waals surface area contributed by atoms with Crippen LogP contribution in [0.25, 0.3) is 0 Å². The van der Waals surface area contributed by atoms with Gasteiger partial charge in [0.2, 0.25) is 0 Å². The first-order chi connectivity index (χ1) is 5.07. The van der Waals surface area contributed by atoms with E-state index in [0.29, 0.717) is 0 Å². The van der Waals surface area contributed by atoms with Gasteiger partial charge in [0, 0.05) is 0 Å². The number of nitrogens with two attached hydrogens (primary N) is 1. The van der Waals surface area contributed by atoms with Crippen molar-refractivity contribution in [1.82, 2.24) is 0 Å². The molecule has 0 aliphatic rings. The third-order valence-electron chi connectivity index (χ3n) is 1.20. The fraction of sp³-hybridized carbons (Fsp3) is 0.667. The Morgan fingerprint density at radius 1 is 1.82 bits per heavy atom. The normalized spacial score (nSPS) is 14.7. The number of carboxylic acid groups (broad SMARTS) is 1. The predicted molar refractivity (Wildman–Crippen MR) is 40.9 cm³/mol. The Bertz CT molecular complexity index is 233. The van der Waals surface area contributed by atoms with Gasteiger partial charge in [0.1, 0.15) is 0 Å². The summed E-state index contributed by atoms with van der Waals surface area (Å²) in [6.45, 7) is 1.72. The van der Waals surface area contributed by atoms with E-state index in [2.05, 4.69) is 5.63 Å². The van der Waals surface area contributed by atoms with E-state index in [-0.39, 0.29) is 20.3 Å². The summed E-state index contributed by atoms with van der Waals surface area (Å²) in [5.41, 5.74) is 7.71. The van der Waals surface area contributed by atoms with Crippen LogP contribution in [0.4, 0.5) is 0 Å². The van der Waals surface area contributed by atoms with Crippen molar-refractivity contribution in [2.24, 2.45) is 11.7 Å². The van der Waals surface area contributed by atoms with Crippen LogP contribution in [-0.4, -0.2) is 17.1 Å². The van der Waals surface area contributed by atoms with Gasteiger partial charge in [-0.1, -0.05) is 0 Å². The molecule has 2 unspecified atom stereocenters. The molecule has 0 aliphatic carbocycles. The van der Waals surface area contributed by atoms with Crippen LogP contribution < -0.4 is 5.73 Å². The fourth-order valence-corrected chi connectivity index (χ4v) is 0.910. The summed E-state index contributed by atoms with van der Waals surface area (Å²) in [6, 6.07) is -0.890. The van der Waals surface area contributed by atoms with Crippen LogP contribution >= 0.6 is 7.92 Å². The van der Waals surface area contributed by atoms with Gasteiger partial charge in [-0.05, 0) is 0 Å². The number of carbonyl (C=O) groups is 1. The Kier molecular flexibility index (Phi) is 4.88. The summed E-state index contributed by atoms with van der Waals surface area (Å²) in [6.07, 6.45) is 0.268. The Labute approximate surface area is 65.9 Å². The van der Waals surface area contributed by atoms with E-state index in [1.54, 1.807) is 6.92 Å². The molecule has 0 heterocycles. The molecule has 0 radical (unpaired) electrons. The summed E-state index contributed by atoms with van der Waals surface area (Å²) in [5, 5.41) is 8.37. The van der Waals surface area contributed by atoms with Crippen molar-refractivity contribution in [3.8, 4) is 5.63 Å². The first-order valence-corrected chi connectivity index (χ1v) is 3.95. The van der Waals surface area contributed by atoms with Crippen LogP contribution in [0.15, 0.2) is 0 Å². The molecule has 3 N–H and O–H groups in total. The minimum absolute atomic E-state index is 0.153. The molecule has 0 saturated carbocycles. The first-order valence-electron chi connectivity index (χ1n) is 3.14. The molecular weight excluding hydrogens is 165 g/mol. The summed E-state index contributed by atoms with van der Waals surface area (Å²) < 4.78 is 9.96. The maximum absolute atomic E-state index is 10.2. The SMILES string of the molecule is CC(C#P=O)CC(N)C(=O)O. The molecule has 0 saturated heterocycles. The second-order valence-corrected chi connectivity index (χ2v) is 2.74. The van der Waals surface area contributed by atoms with Crippen molar-refractivity contribution in [2.45, 2.75) is 19.4 Å². The molecule has 11 heavy (non-hydrogen) atoms. The molecule has 0 aromatic rings.